The zero-order chi connectivity index (χ0) is 37.5. The molecule has 0 unspecified atom stereocenters. The first-order valence-corrected chi connectivity index (χ1v) is 19.2. The number of benzene rings is 8. The molecule has 0 atom stereocenters. The van der Waals surface area contributed by atoms with Crippen molar-refractivity contribution < 1.29 is 0 Å². The summed E-state index contributed by atoms with van der Waals surface area (Å²) in [4.78, 5) is 12.7. The van der Waals surface area contributed by atoms with Crippen LogP contribution in [0.1, 0.15) is 0 Å². The third-order valence-corrected chi connectivity index (χ3v) is 11.1. The summed E-state index contributed by atoms with van der Waals surface area (Å²) in [6.45, 7) is 0. The summed E-state index contributed by atoms with van der Waals surface area (Å²) >= 11 is 0. The Bertz CT molecular complexity index is 3460. The number of imidazole rings is 4. The average molecular weight is 732 g/mol. The second-order valence-corrected chi connectivity index (χ2v) is 14.4. The van der Waals surface area contributed by atoms with Crippen molar-refractivity contribution in [3.8, 4) is 22.5 Å². The van der Waals surface area contributed by atoms with Gasteiger partial charge in [0.2, 0.25) is 11.6 Å². The molecule has 0 aliphatic carbocycles. The van der Waals surface area contributed by atoms with Crippen molar-refractivity contribution in [1.29, 1.82) is 0 Å². The summed E-state index contributed by atoms with van der Waals surface area (Å²) in [5.41, 5.74) is 16.0. The second-order valence-electron chi connectivity index (χ2n) is 14.4. The van der Waals surface area contributed by atoms with Crippen molar-refractivity contribution in [2.45, 2.75) is 0 Å². The Hall–Kier alpha value is -7.90. The molecule has 57 heavy (non-hydrogen) atoms. The van der Waals surface area contributed by atoms with Crippen LogP contribution in [-0.4, -0.2) is 27.9 Å². The van der Waals surface area contributed by atoms with E-state index in [0.29, 0.717) is 0 Å². The molecular weight excluding hydrogens is 699 g/mol. The molecule has 0 bridgehead atoms. The number of hydrogen-bond donors (Lipinski definition) is 0. The van der Waals surface area contributed by atoms with Gasteiger partial charge in [-0.15, -0.1) is 0 Å². The van der Waals surface area contributed by atoms with Gasteiger partial charge in [0.05, 0.1) is 49.8 Å². The third kappa shape index (κ3) is 4.79. The number of aromatic nitrogens is 6. The highest BCUT2D eigenvalue weighted by Gasteiger charge is 2.22. The lowest BCUT2D eigenvalue weighted by atomic mass is 10.0. The molecule has 7 nitrogen and oxygen atoms in total. The molecule has 8 aromatic carbocycles. The maximum atomic E-state index is 5.17. The van der Waals surface area contributed by atoms with Crippen LogP contribution in [-0.2, 0) is 0 Å². The highest BCUT2D eigenvalue weighted by atomic mass is 15.2. The van der Waals surface area contributed by atoms with Gasteiger partial charge in [-0.05, 0) is 108 Å². The van der Waals surface area contributed by atoms with Gasteiger partial charge in [0, 0.05) is 22.7 Å². The van der Waals surface area contributed by atoms with E-state index in [1.54, 1.807) is 0 Å². The Labute approximate surface area is 327 Å². The van der Waals surface area contributed by atoms with Crippen LogP contribution in [0.5, 0.6) is 0 Å². The number of nitrogens with zero attached hydrogens (tertiary/aromatic N) is 7. The number of hydrogen-bond acceptors (Lipinski definition) is 3. The van der Waals surface area contributed by atoms with E-state index in [9.17, 15) is 0 Å². The molecule has 12 rings (SSSR count). The predicted octanol–water partition coefficient (Wildman–Crippen LogP) is 12.3. The predicted molar refractivity (Wildman–Crippen MR) is 233 cm³/mol. The fourth-order valence-electron chi connectivity index (χ4n) is 8.62. The Morgan fingerprint density at radius 3 is 1.51 bits per heavy atom. The maximum absolute atomic E-state index is 5.17. The second kappa shape index (κ2) is 12.3. The summed E-state index contributed by atoms with van der Waals surface area (Å²) in [5, 5.41) is 0. The molecule has 12 aromatic rings. The van der Waals surface area contributed by atoms with Gasteiger partial charge < -0.3 is 4.90 Å². The van der Waals surface area contributed by atoms with Gasteiger partial charge in [-0.2, -0.15) is 0 Å². The molecule has 0 saturated heterocycles. The van der Waals surface area contributed by atoms with Crippen LogP contribution >= 0.6 is 0 Å². The molecular formula is C50H33N7. The first kappa shape index (κ1) is 31.5. The molecule has 0 aliphatic rings. The Morgan fingerprint density at radius 1 is 0.316 bits per heavy atom. The molecule has 0 amide bonds. The van der Waals surface area contributed by atoms with Gasteiger partial charge in [-0.1, -0.05) is 103 Å². The normalized spacial score (nSPS) is 11.9. The lowest BCUT2D eigenvalue weighted by Crippen LogP contribution is -2.11. The lowest BCUT2D eigenvalue weighted by molar-refractivity contribution is 1.11. The van der Waals surface area contributed by atoms with E-state index < -0.39 is 0 Å². The van der Waals surface area contributed by atoms with Crippen molar-refractivity contribution in [3.05, 3.63) is 200 Å². The van der Waals surface area contributed by atoms with Crippen LogP contribution in [0, 0.1) is 0 Å². The van der Waals surface area contributed by atoms with Gasteiger partial charge in [0.1, 0.15) is 0 Å². The Kier molecular flexibility index (Phi) is 6.79. The smallest absolute Gasteiger partial charge is 0.220 e. The Morgan fingerprint density at radius 2 is 0.807 bits per heavy atom. The molecule has 4 heterocycles. The van der Waals surface area contributed by atoms with E-state index in [1.807, 2.05) is 6.07 Å². The van der Waals surface area contributed by atoms with Crippen molar-refractivity contribution in [1.82, 2.24) is 27.9 Å². The van der Waals surface area contributed by atoms with Crippen LogP contribution in [0.15, 0.2) is 200 Å². The summed E-state index contributed by atoms with van der Waals surface area (Å²) in [6, 6.07) is 70.8. The SMILES string of the molecule is c1ccc(-c2ccc(N(c3cccc(-n4c5ccccc5n5c6ccccc6nc45)c3)c3ccc4c(c3)n3c5ccccc5nc3n4-c3ccccc3)cc2)cc1. The van der Waals surface area contributed by atoms with E-state index in [4.69, 9.17) is 9.97 Å². The number of fused-ring (bicyclic) bond motifs is 10. The zero-order valence-corrected chi connectivity index (χ0v) is 30.7. The molecule has 0 saturated carbocycles. The third-order valence-electron chi connectivity index (χ3n) is 11.1. The minimum absolute atomic E-state index is 0.880. The summed E-state index contributed by atoms with van der Waals surface area (Å²) in [5.74, 6) is 1.76. The molecule has 0 radical (unpaired) electrons. The molecule has 7 heteroatoms. The first-order valence-electron chi connectivity index (χ1n) is 19.2. The fraction of sp³-hybridized carbons (Fsp3) is 0. The molecule has 0 aliphatic heterocycles. The standard InChI is InChI=1S/C50H33N7/c1-3-14-34(15-4-1)35-26-28-37(29-27-35)53(38-18-13-19-39(32-38)55-45-24-11-12-25-46(45)56-43-22-9-7-20-41(43)52-50(55)56)40-30-31-47-48(33-40)57-44-23-10-8-21-42(44)51-49(57)54(47)36-16-5-2-6-17-36/h1-33H. The van der Waals surface area contributed by atoms with E-state index in [1.165, 1.54) is 11.1 Å². The van der Waals surface area contributed by atoms with Crippen LogP contribution in [0.2, 0.25) is 0 Å². The molecule has 0 spiro atoms. The first-order chi connectivity index (χ1) is 28.3. The van der Waals surface area contributed by atoms with Crippen LogP contribution in [0.3, 0.4) is 0 Å². The molecule has 268 valence electrons. The largest absolute Gasteiger partial charge is 0.310 e. The van der Waals surface area contributed by atoms with Crippen molar-refractivity contribution in [2.24, 2.45) is 0 Å². The average Bonchev–Trinajstić information content (AvgIpc) is 4.01. The minimum atomic E-state index is 0.880. The van der Waals surface area contributed by atoms with Crippen LogP contribution in [0.4, 0.5) is 17.1 Å². The van der Waals surface area contributed by atoms with Gasteiger partial charge in [0.25, 0.3) is 0 Å². The Balaban J connectivity index is 1.10. The molecule has 0 N–H and O–H groups in total. The highest BCUT2D eigenvalue weighted by Crippen LogP contribution is 2.40. The van der Waals surface area contributed by atoms with Gasteiger partial charge in [-0.25, -0.2) is 9.97 Å². The van der Waals surface area contributed by atoms with E-state index >= 15 is 0 Å². The zero-order valence-electron chi connectivity index (χ0n) is 30.7. The van der Waals surface area contributed by atoms with E-state index in [0.717, 1.165) is 84.1 Å². The topological polar surface area (TPSA) is 47.7 Å². The minimum Gasteiger partial charge on any atom is -0.310 e. The maximum Gasteiger partial charge on any atom is 0.220 e. The number of anilines is 3. The lowest BCUT2D eigenvalue weighted by Gasteiger charge is -2.26. The van der Waals surface area contributed by atoms with Gasteiger partial charge in [0.15, 0.2) is 0 Å². The molecule has 4 aromatic heterocycles. The highest BCUT2D eigenvalue weighted by molar-refractivity contribution is 5.96. The molecule has 0 fully saturated rings. The monoisotopic (exact) mass is 731 g/mol. The number of para-hydroxylation sites is 7. The van der Waals surface area contributed by atoms with E-state index in [-0.39, 0.29) is 0 Å². The number of rotatable bonds is 6. The fourth-order valence-corrected chi connectivity index (χ4v) is 8.62. The quantitative estimate of drug-likeness (QED) is 0.171. The summed E-state index contributed by atoms with van der Waals surface area (Å²) < 4.78 is 9.10. The van der Waals surface area contributed by atoms with Gasteiger partial charge >= 0.3 is 0 Å². The summed E-state index contributed by atoms with van der Waals surface area (Å²) in [7, 11) is 0. The van der Waals surface area contributed by atoms with Crippen molar-refractivity contribution in [3.63, 3.8) is 0 Å². The summed E-state index contributed by atoms with van der Waals surface area (Å²) in [6.07, 6.45) is 0. The van der Waals surface area contributed by atoms with Crippen molar-refractivity contribution >= 4 is 72.8 Å². The van der Waals surface area contributed by atoms with Gasteiger partial charge in [-0.3, -0.25) is 17.9 Å². The van der Waals surface area contributed by atoms with Crippen molar-refractivity contribution in [2.75, 3.05) is 4.90 Å². The van der Waals surface area contributed by atoms with E-state index in [2.05, 4.69) is 217 Å². The van der Waals surface area contributed by atoms with Crippen LogP contribution in [0.25, 0.3) is 78.2 Å². The van der Waals surface area contributed by atoms with Crippen LogP contribution < -0.4 is 4.90 Å².